The summed E-state index contributed by atoms with van der Waals surface area (Å²) in [6.07, 6.45) is 8.75. The van der Waals surface area contributed by atoms with Crippen LogP contribution in [-0.2, 0) is 0 Å². The van der Waals surface area contributed by atoms with Crippen LogP contribution in [0.15, 0.2) is 0 Å². The zero-order valence-electron chi connectivity index (χ0n) is 12.3. The highest BCUT2D eigenvalue weighted by Gasteiger charge is 2.16. The van der Waals surface area contributed by atoms with E-state index in [1.54, 1.807) is 0 Å². The molecule has 1 unspecified atom stereocenters. The number of likely N-dealkylation sites (N-methyl/N-ethyl adjacent to an activating group) is 1. The molecule has 17 heavy (non-hydrogen) atoms. The lowest BCUT2D eigenvalue weighted by atomic mass is 9.87. The summed E-state index contributed by atoms with van der Waals surface area (Å²) in [7, 11) is 4.38. The molecule has 0 heterocycles. The normalized spacial score (nSPS) is 20.1. The van der Waals surface area contributed by atoms with Gasteiger partial charge in [0.2, 0.25) is 0 Å². The molecule has 1 N–H and O–H groups in total. The minimum atomic E-state index is 0.668. The standard InChI is InChI=1S/C15H32N2/c1-13(2)15(17(3)4)12-16-11-10-14-8-6-5-7-9-14/h13-16H,5-12H2,1-4H3. The van der Waals surface area contributed by atoms with E-state index in [0.717, 1.165) is 18.4 Å². The molecule has 1 atom stereocenters. The van der Waals surface area contributed by atoms with Crippen LogP contribution in [0.2, 0.25) is 0 Å². The van der Waals surface area contributed by atoms with Gasteiger partial charge >= 0.3 is 0 Å². The minimum Gasteiger partial charge on any atom is -0.315 e. The summed E-state index contributed by atoms with van der Waals surface area (Å²) >= 11 is 0. The average Bonchev–Trinajstić information content (AvgIpc) is 2.29. The van der Waals surface area contributed by atoms with E-state index in [-0.39, 0.29) is 0 Å². The van der Waals surface area contributed by atoms with Gasteiger partial charge in [0, 0.05) is 12.6 Å². The fourth-order valence-electron chi connectivity index (χ4n) is 3.05. The summed E-state index contributed by atoms with van der Waals surface area (Å²) in [4.78, 5) is 2.35. The molecule has 0 aromatic heterocycles. The Labute approximate surface area is 108 Å². The topological polar surface area (TPSA) is 15.3 Å². The molecule has 1 rings (SSSR count). The molecular formula is C15H32N2. The molecule has 0 saturated heterocycles. The molecule has 1 fully saturated rings. The Morgan fingerprint density at radius 2 is 1.76 bits per heavy atom. The fraction of sp³-hybridized carbons (Fsp3) is 1.00. The van der Waals surface area contributed by atoms with Crippen molar-refractivity contribution in [2.24, 2.45) is 11.8 Å². The van der Waals surface area contributed by atoms with Crippen LogP contribution in [0.5, 0.6) is 0 Å². The maximum Gasteiger partial charge on any atom is 0.0237 e. The zero-order chi connectivity index (χ0) is 12.7. The number of hydrogen-bond donors (Lipinski definition) is 1. The molecule has 0 bridgehead atoms. The molecule has 2 heteroatoms. The van der Waals surface area contributed by atoms with E-state index in [0.29, 0.717) is 6.04 Å². The Hall–Kier alpha value is -0.0800. The van der Waals surface area contributed by atoms with Gasteiger partial charge < -0.3 is 10.2 Å². The lowest BCUT2D eigenvalue weighted by Crippen LogP contribution is -2.42. The van der Waals surface area contributed by atoms with Crippen molar-refractivity contribution < 1.29 is 0 Å². The largest absolute Gasteiger partial charge is 0.315 e. The van der Waals surface area contributed by atoms with E-state index >= 15 is 0 Å². The fourth-order valence-corrected chi connectivity index (χ4v) is 3.05. The second-order valence-electron chi connectivity index (χ2n) is 6.27. The summed E-state index contributed by atoms with van der Waals surface area (Å²) in [5, 5.41) is 3.65. The Balaban J connectivity index is 2.09. The van der Waals surface area contributed by atoms with Crippen LogP contribution in [0.1, 0.15) is 52.4 Å². The van der Waals surface area contributed by atoms with Crippen molar-refractivity contribution in [1.29, 1.82) is 0 Å². The monoisotopic (exact) mass is 240 g/mol. The highest BCUT2D eigenvalue weighted by Crippen LogP contribution is 2.25. The molecule has 0 aliphatic heterocycles. The van der Waals surface area contributed by atoms with Crippen LogP contribution in [0.3, 0.4) is 0 Å². The molecule has 0 radical (unpaired) electrons. The van der Waals surface area contributed by atoms with Crippen LogP contribution in [0.25, 0.3) is 0 Å². The smallest absolute Gasteiger partial charge is 0.0237 e. The van der Waals surface area contributed by atoms with E-state index in [2.05, 4.69) is 38.2 Å². The third-order valence-electron chi connectivity index (χ3n) is 4.24. The van der Waals surface area contributed by atoms with Crippen LogP contribution in [-0.4, -0.2) is 38.1 Å². The summed E-state index contributed by atoms with van der Waals surface area (Å²) in [5.74, 6) is 1.74. The number of nitrogens with one attached hydrogen (secondary N) is 1. The summed E-state index contributed by atoms with van der Waals surface area (Å²) in [6.45, 7) is 6.97. The summed E-state index contributed by atoms with van der Waals surface area (Å²) in [5.41, 5.74) is 0. The van der Waals surface area contributed by atoms with E-state index in [1.807, 2.05) is 0 Å². The SMILES string of the molecule is CC(C)C(CNCCC1CCCCC1)N(C)C. The molecule has 0 spiro atoms. The van der Waals surface area contributed by atoms with Gasteiger partial charge in [-0.25, -0.2) is 0 Å². The Morgan fingerprint density at radius 1 is 1.12 bits per heavy atom. The van der Waals surface area contributed by atoms with E-state index in [9.17, 15) is 0 Å². The van der Waals surface area contributed by atoms with Gasteiger partial charge in [0.1, 0.15) is 0 Å². The minimum absolute atomic E-state index is 0.668. The maximum absolute atomic E-state index is 3.65. The first kappa shape index (κ1) is 15.0. The number of nitrogens with zero attached hydrogens (tertiary/aromatic N) is 1. The van der Waals surface area contributed by atoms with Crippen molar-refractivity contribution in [2.45, 2.75) is 58.4 Å². The number of hydrogen-bond acceptors (Lipinski definition) is 2. The van der Waals surface area contributed by atoms with Crippen LogP contribution in [0.4, 0.5) is 0 Å². The Kier molecular flexibility index (Phi) is 7.14. The van der Waals surface area contributed by atoms with Gasteiger partial charge in [0.15, 0.2) is 0 Å². The lowest BCUT2D eigenvalue weighted by Gasteiger charge is -2.29. The highest BCUT2D eigenvalue weighted by molar-refractivity contribution is 4.73. The van der Waals surface area contributed by atoms with Crippen molar-refractivity contribution in [2.75, 3.05) is 27.2 Å². The number of rotatable bonds is 7. The molecule has 102 valence electrons. The predicted molar refractivity (Wildman–Crippen MR) is 76.4 cm³/mol. The van der Waals surface area contributed by atoms with Crippen LogP contribution >= 0.6 is 0 Å². The Bertz CT molecular complexity index is 175. The van der Waals surface area contributed by atoms with E-state index in [4.69, 9.17) is 0 Å². The quantitative estimate of drug-likeness (QED) is 0.688. The molecule has 0 amide bonds. The van der Waals surface area contributed by atoms with Gasteiger partial charge in [-0.3, -0.25) is 0 Å². The van der Waals surface area contributed by atoms with Gasteiger partial charge in [0.25, 0.3) is 0 Å². The summed E-state index contributed by atoms with van der Waals surface area (Å²) < 4.78 is 0. The lowest BCUT2D eigenvalue weighted by molar-refractivity contribution is 0.222. The zero-order valence-corrected chi connectivity index (χ0v) is 12.3. The third-order valence-corrected chi connectivity index (χ3v) is 4.24. The van der Waals surface area contributed by atoms with Crippen LogP contribution < -0.4 is 5.32 Å². The van der Waals surface area contributed by atoms with Gasteiger partial charge in [-0.05, 0) is 38.9 Å². The van der Waals surface area contributed by atoms with Gasteiger partial charge in [-0.15, -0.1) is 0 Å². The average molecular weight is 240 g/mol. The van der Waals surface area contributed by atoms with Gasteiger partial charge in [0.05, 0.1) is 0 Å². The molecular weight excluding hydrogens is 208 g/mol. The van der Waals surface area contributed by atoms with Crippen LogP contribution in [0, 0.1) is 11.8 Å². The second kappa shape index (κ2) is 8.10. The van der Waals surface area contributed by atoms with Crippen molar-refractivity contribution >= 4 is 0 Å². The molecule has 1 aliphatic rings. The third kappa shape index (κ3) is 5.87. The highest BCUT2D eigenvalue weighted by atomic mass is 15.1. The molecule has 2 nitrogen and oxygen atoms in total. The van der Waals surface area contributed by atoms with Gasteiger partial charge in [-0.2, -0.15) is 0 Å². The molecule has 1 saturated carbocycles. The maximum atomic E-state index is 3.65. The first-order valence-corrected chi connectivity index (χ1v) is 7.48. The summed E-state index contributed by atoms with van der Waals surface area (Å²) in [6, 6.07) is 0.668. The van der Waals surface area contributed by atoms with Gasteiger partial charge in [-0.1, -0.05) is 46.0 Å². The molecule has 1 aliphatic carbocycles. The van der Waals surface area contributed by atoms with Crippen molar-refractivity contribution in [3.8, 4) is 0 Å². The van der Waals surface area contributed by atoms with E-state index in [1.165, 1.54) is 45.1 Å². The first-order chi connectivity index (χ1) is 8.11. The van der Waals surface area contributed by atoms with E-state index < -0.39 is 0 Å². The Morgan fingerprint density at radius 3 is 2.29 bits per heavy atom. The van der Waals surface area contributed by atoms with Crippen molar-refractivity contribution in [3.63, 3.8) is 0 Å². The second-order valence-corrected chi connectivity index (χ2v) is 6.27. The molecule has 0 aromatic carbocycles. The predicted octanol–water partition coefficient (Wildman–Crippen LogP) is 3.13. The van der Waals surface area contributed by atoms with Crippen molar-refractivity contribution in [3.05, 3.63) is 0 Å². The molecule has 0 aromatic rings. The van der Waals surface area contributed by atoms with Crippen molar-refractivity contribution in [1.82, 2.24) is 10.2 Å². The first-order valence-electron chi connectivity index (χ1n) is 7.48.